The van der Waals surface area contributed by atoms with Gasteiger partial charge in [-0.1, -0.05) is 13.8 Å². The fourth-order valence-corrected chi connectivity index (χ4v) is 3.95. The van der Waals surface area contributed by atoms with Crippen LogP contribution in [-0.2, 0) is 19.7 Å². The molecule has 0 aliphatic carbocycles. The van der Waals surface area contributed by atoms with Crippen molar-refractivity contribution >= 4 is 16.2 Å². The van der Waals surface area contributed by atoms with E-state index in [1.807, 2.05) is 13.8 Å². The van der Waals surface area contributed by atoms with E-state index >= 15 is 0 Å². The molecule has 1 unspecified atom stereocenters. The molecule has 1 rings (SSSR count). The first-order valence-corrected chi connectivity index (χ1v) is 7.92. The molecule has 1 saturated heterocycles. The van der Waals surface area contributed by atoms with E-state index in [9.17, 15) is 13.2 Å². The number of carboxylic acids is 1. The number of ether oxygens (including phenoxy) is 1. The number of hydrogen-bond acceptors (Lipinski definition) is 4. The Morgan fingerprint density at radius 3 is 2.42 bits per heavy atom. The van der Waals surface area contributed by atoms with Crippen molar-refractivity contribution in [1.82, 2.24) is 8.61 Å². The number of rotatable bonds is 7. The summed E-state index contributed by atoms with van der Waals surface area (Å²) in [5.74, 6) is -1.17. The van der Waals surface area contributed by atoms with Gasteiger partial charge in [-0.3, -0.25) is 4.79 Å². The van der Waals surface area contributed by atoms with E-state index in [4.69, 9.17) is 9.84 Å². The molecule has 0 aromatic rings. The van der Waals surface area contributed by atoms with Crippen LogP contribution < -0.4 is 0 Å². The molecule has 1 heterocycles. The van der Waals surface area contributed by atoms with E-state index in [1.165, 1.54) is 4.31 Å². The molecule has 0 spiro atoms. The van der Waals surface area contributed by atoms with Crippen molar-refractivity contribution in [2.45, 2.75) is 32.7 Å². The number of hydrogen-bond donors (Lipinski definition) is 1. The molecule has 8 heteroatoms. The minimum Gasteiger partial charge on any atom is -0.480 e. The molecule has 7 nitrogen and oxygen atoms in total. The molecule has 0 bridgehead atoms. The molecule has 0 amide bonds. The largest absolute Gasteiger partial charge is 0.480 e. The predicted octanol–water partition coefficient (Wildman–Crippen LogP) is 0.139. The van der Waals surface area contributed by atoms with Crippen molar-refractivity contribution in [1.29, 1.82) is 0 Å². The topological polar surface area (TPSA) is 87.2 Å². The van der Waals surface area contributed by atoms with Crippen molar-refractivity contribution in [3.63, 3.8) is 0 Å². The van der Waals surface area contributed by atoms with Crippen LogP contribution in [-0.4, -0.2) is 67.0 Å². The summed E-state index contributed by atoms with van der Waals surface area (Å²) in [7, 11) is -3.74. The summed E-state index contributed by atoms with van der Waals surface area (Å²) in [5.41, 5.74) is 0. The number of morpholine rings is 1. The van der Waals surface area contributed by atoms with Gasteiger partial charge in [0.25, 0.3) is 10.2 Å². The summed E-state index contributed by atoms with van der Waals surface area (Å²) >= 11 is 0. The smallest absolute Gasteiger partial charge is 0.324 e. The van der Waals surface area contributed by atoms with Crippen molar-refractivity contribution in [3.05, 3.63) is 0 Å². The maximum atomic E-state index is 12.5. The Balaban J connectivity index is 2.96. The lowest BCUT2D eigenvalue weighted by Crippen LogP contribution is -2.56. The fraction of sp³-hybridized carbons (Fsp3) is 0.909. The average Bonchev–Trinajstić information content (AvgIpc) is 2.38. The third-order valence-corrected chi connectivity index (χ3v) is 4.98. The van der Waals surface area contributed by atoms with Gasteiger partial charge < -0.3 is 9.84 Å². The van der Waals surface area contributed by atoms with Crippen LogP contribution >= 0.6 is 0 Å². The third kappa shape index (κ3) is 3.88. The van der Waals surface area contributed by atoms with Gasteiger partial charge in [0, 0.05) is 19.6 Å². The van der Waals surface area contributed by atoms with Crippen molar-refractivity contribution < 1.29 is 23.1 Å². The number of aliphatic carboxylic acids is 1. The summed E-state index contributed by atoms with van der Waals surface area (Å²) in [6.07, 6.45) is 1.39. The highest BCUT2D eigenvalue weighted by Crippen LogP contribution is 2.17. The van der Waals surface area contributed by atoms with Crippen LogP contribution in [0.25, 0.3) is 0 Å². The highest BCUT2D eigenvalue weighted by Gasteiger charge is 2.40. The Morgan fingerprint density at radius 1 is 1.37 bits per heavy atom. The minimum absolute atomic E-state index is 0.0865. The highest BCUT2D eigenvalue weighted by atomic mass is 32.2. The lowest BCUT2D eigenvalue weighted by Gasteiger charge is -2.35. The average molecular weight is 294 g/mol. The maximum Gasteiger partial charge on any atom is 0.324 e. The molecule has 1 atom stereocenters. The molecule has 1 aliphatic heterocycles. The highest BCUT2D eigenvalue weighted by molar-refractivity contribution is 7.86. The van der Waals surface area contributed by atoms with Gasteiger partial charge in [0.15, 0.2) is 0 Å². The van der Waals surface area contributed by atoms with Crippen molar-refractivity contribution in [3.8, 4) is 0 Å². The lowest BCUT2D eigenvalue weighted by molar-refractivity contribution is -0.146. The number of carboxylic acid groups (broad SMARTS) is 1. The van der Waals surface area contributed by atoms with Crippen LogP contribution in [0.2, 0.25) is 0 Å². The Kier molecular flexibility index (Phi) is 6.18. The van der Waals surface area contributed by atoms with E-state index in [1.54, 1.807) is 0 Å². The molecule has 0 saturated carbocycles. The zero-order chi connectivity index (χ0) is 14.5. The standard InChI is InChI=1S/C11H22N2O5S/c1-3-5-12(6-4-2)19(16,17)13-7-8-18-9-10(13)11(14)15/h10H,3-9H2,1-2H3,(H,14,15). The van der Waals surface area contributed by atoms with Gasteiger partial charge in [0.05, 0.1) is 13.2 Å². The molecule has 19 heavy (non-hydrogen) atoms. The Hall–Kier alpha value is -0.700. The molecule has 1 fully saturated rings. The second-order valence-electron chi connectivity index (χ2n) is 4.45. The zero-order valence-electron chi connectivity index (χ0n) is 11.4. The van der Waals surface area contributed by atoms with Crippen LogP contribution in [0.4, 0.5) is 0 Å². The third-order valence-electron chi connectivity index (χ3n) is 2.93. The Bertz CT molecular complexity index is 392. The SMILES string of the molecule is CCCN(CCC)S(=O)(=O)N1CCOCC1C(=O)O. The van der Waals surface area contributed by atoms with E-state index < -0.39 is 22.2 Å². The van der Waals surface area contributed by atoms with Gasteiger partial charge >= 0.3 is 5.97 Å². The fourth-order valence-electron chi connectivity index (χ4n) is 2.05. The maximum absolute atomic E-state index is 12.5. The van der Waals surface area contributed by atoms with Crippen LogP contribution in [0, 0.1) is 0 Å². The van der Waals surface area contributed by atoms with Gasteiger partial charge in [-0.2, -0.15) is 17.0 Å². The molecule has 112 valence electrons. The summed E-state index contributed by atoms with van der Waals surface area (Å²) < 4.78 is 32.5. The van der Waals surface area contributed by atoms with Crippen LogP contribution in [0.5, 0.6) is 0 Å². The van der Waals surface area contributed by atoms with E-state index in [-0.39, 0.29) is 19.8 Å². The predicted molar refractivity (Wildman–Crippen MR) is 70.0 cm³/mol. The summed E-state index contributed by atoms with van der Waals surface area (Å²) in [5, 5.41) is 9.11. The first-order valence-electron chi connectivity index (χ1n) is 6.52. The summed E-state index contributed by atoms with van der Waals surface area (Å²) in [6.45, 7) is 4.82. The Labute approximate surface area is 114 Å². The monoisotopic (exact) mass is 294 g/mol. The second-order valence-corrected chi connectivity index (χ2v) is 6.33. The Morgan fingerprint density at radius 2 is 1.95 bits per heavy atom. The summed E-state index contributed by atoms with van der Waals surface area (Å²) in [4.78, 5) is 11.1. The van der Waals surface area contributed by atoms with Crippen molar-refractivity contribution in [2.75, 3.05) is 32.8 Å². The van der Waals surface area contributed by atoms with Gasteiger partial charge in [-0.15, -0.1) is 0 Å². The van der Waals surface area contributed by atoms with Gasteiger partial charge in [-0.25, -0.2) is 0 Å². The summed E-state index contributed by atoms with van der Waals surface area (Å²) in [6, 6.07) is -1.13. The van der Waals surface area contributed by atoms with Crippen LogP contribution in [0.1, 0.15) is 26.7 Å². The van der Waals surface area contributed by atoms with E-state index in [0.717, 1.165) is 4.31 Å². The molecule has 0 aromatic carbocycles. The first kappa shape index (κ1) is 16.4. The van der Waals surface area contributed by atoms with Gasteiger partial charge in [0.2, 0.25) is 0 Å². The quantitative estimate of drug-likeness (QED) is 0.721. The first-order chi connectivity index (χ1) is 8.95. The van der Waals surface area contributed by atoms with Gasteiger partial charge in [-0.05, 0) is 12.8 Å². The normalized spacial score (nSPS) is 21.7. The van der Waals surface area contributed by atoms with Crippen LogP contribution in [0.15, 0.2) is 0 Å². The molecule has 0 radical (unpaired) electrons. The molecular weight excluding hydrogens is 272 g/mol. The van der Waals surface area contributed by atoms with E-state index in [0.29, 0.717) is 25.9 Å². The van der Waals surface area contributed by atoms with Gasteiger partial charge in [0.1, 0.15) is 6.04 Å². The molecule has 0 aromatic heterocycles. The molecular formula is C11H22N2O5S. The molecule has 1 aliphatic rings. The lowest BCUT2D eigenvalue weighted by atomic mass is 10.3. The molecule has 1 N–H and O–H groups in total. The van der Waals surface area contributed by atoms with Crippen molar-refractivity contribution in [2.24, 2.45) is 0 Å². The minimum atomic E-state index is -3.74. The van der Waals surface area contributed by atoms with E-state index in [2.05, 4.69) is 0 Å². The number of nitrogens with zero attached hydrogens (tertiary/aromatic N) is 2. The second kappa shape index (κ2) is 7.18. The van der Waals surface area contributed by atoms with Crippen LogP contribution in [0.3, 0.4) is 0 Å². The zero-order valence-corrected chi connectivity index (χ0v) is 12.2. The number of carbonyl (C=O) groups is 1.